The Labute approximate surface area is 75.7 Å². The first-order chi connectivity index (χ1) is 5.18. The van der Waals surface area contributed by atoms with Crippen molar-refractivity contribution < 1.29 is 0 Å². The number of nitrogens with two attached hydrogens (primary N) is 2. The van der Waals surface area contributed by atoms with Gasteiger partial charge in [-0.1, -0.05) is 20.3 Å². The standard InChI is InChI=1S/C9H18N2.CH4/c10-8-4-7-2-1-3-9(11,5-7)6-8;/h7-8H,1-6,10-11H2;1H4. The molecular weight excluding hydrogens is 148 g/mol. The maximum absolute atomic E-state index is 6.21. The third-order valence-corrected chi connectivity index (χ3v) is 3.29. The zero-order chi connectivity index (χ0) is 7.90. The van der Waals surface area contributed by atoms with E-state index in [0.717, 1.165) is 12.3 Å². The lowest BCUT2D eigenvalue weighted by Gasteiger charge is -2.45. The molecule has 4 N–H and O–H groups in total. The molecule has 2 aliphatic carbocycles. The molecule has 2 aliphatic rings. The SMILES string of the molecule is C.NC1CC2CCCC(N)(C1)C2. The smallest absolute Gasteiger partial charge is 0.0171 e. The molecule has 3 atom stereocenters. The topological polar surface area (TPSA) is 52.0 Å². The minimum Gasteiger partial charge on any atom is -0.328 e. The Kier molecular flexibility index (Phi) is 2.79. The van der Waals surface area contributed by atoms with E-state index in [2.05, 4.69) is 0 Å². The third kappa shape index (κ3) is 1.80. The molecule has 0 radical (unpaired) electrons. The van der Waals surface area contributed by atoms with Crippen LogP contribution in [-0.2, 0) is 0 Å². The van der Waals surface area contributed by atoms with E-state index in [-0.39, 0.29) is 13.0 Å². The Balaban J connectivity index is 0.000000720. The lowest BCUT2D eigenvalue weighted by molar-refractivity contribution is 0.138. The Morgan fingerprint density at radius 3 is 2.67 bits per heavy atom. The number of hydrogen-bond donors (Lipinski definition) is 2. The van der Waals surface area contributed by atoms with Crippen LogP contribution in [0.2, 0.25) is 0 Å². The minimum atomic E-state index is 0. The van der Waals surface area contributed by atoms with Gasteiger partial charge in [0.1, 0.15) is 0 Å². The van der Waals surface area contributed by atoms with Crippen LogP contribution in [0.5, 0.6) is 0 Å². The van der Waals surface area contributed by atoms with Gasteiger partial charge in [0, 0.05) is 11.6 Å². The van der Waals surface area contributed by atoms with Gasteiger partial charge < -0.3 is 11.5 Å². The van der Waals surface area contributed by atoms with E-state index >= 15 is 0 Å². The van der Waals surface area contributed by atoms with Gasteiger partial charge in [0.05, 0.1) is 0 Å². The Hall–Kier alpha value is -0.0800. The van der Waals surface area contributed by atoms with E-state index in [4.69, 9.17) is 11.5 Å². The maximum atomic E-state index is 6.21. The second-order valence-corrected chi connectivity index (χ2v) is 4.52. The first-order valence-electron chi connectivity index (χ1n) is 4.72. The summed E-state index contributed by atoms with van der Waals surface area (Å²) >= 11 is 0. The van der Waals surface area contributed by atoms with Crippen LogP contribution in [0.1, 0.15) is 46.0 Å². The van der Waals surface area contributed by atoms with Gasteiger partial charge in [-0.3, -0.25) is 0 Å². The summed E-state index contributed by atoms with van der Waals surface area (Å²) in [4.78, 5) is 0. The first kappa shape index (κ1) is 10.0. The summed E-state index contributed by atoms with van der Waals surface area (Å²) in [7, 11) is 0. The normalized spacial score (nSPS) is 46.5. The van der Waals surface area contributed by atoms with Crippen molar-refractivity contribution in [2.45, 2.75) is 57.5 Å². The molecule has 0 aromatic carbocycles. The van der Waals surface area contributed by atoms with Crippen molar-refractivity contribution in [2.24, 2.45) is 17.4 Å². The van der Waals surface area contributed by atoms with Crippen molar-refractivity contribution in [3.05, 3.63) is 0 Å². The summed E-state index contributed by atoms with van der Waals surface area (Å²) in [6.45, 7) is 0. The quantitative estimate of drug-likeness (QED) is 0.580. The van der Waals surface area contributed by atoms with Crippen molar-refractivity contribution in [3.63, 3.8) is 0 Å². The molecule has 3 unspecified atom stereocenters. The maximum Gasteiger partial charge on any atom is 0.0171 e. The van der Waals surface area contributed by atoms with Crippen molar-refractivity contribution in [3.8, 4) is 0 Å². The molecule has 2 saturated carbocycles. The highest BCUT2D eigenvalue weighted by Crippen LogP contribution is 2.40. The van der Waals surface area contributed by atoms with Gasteiger partial charge in [-0.15, -0.1) is 0 Å². The average molecular weight is 170 g/mol. The lowest BCUT2D eigenvalue weighted by Crippen LogP contribution is -2.52. The summed E-state index contributed by atoms with van der Waals surface area (Å²) in [6.07, 6.45) is 7.42. The highest BCUT2D eigenvalue weighted by molar-refractivity contribution is 4.98. The van der Waals surface area contributed by atoms with E-state index in [9.17, 15) is 0 Å². The summed E-state index contributed by atoms with van der Waals surface area (Å²) in [5, 5.41) is 0. The van der Waals surface area contributed by atoms with Gasteiger partial charge in [0.2, 0.25) is 0 Å². The van der Waals surface area contributed by atoms with E-state index < -0.39 is 0 Å². The fraction of sp³-hybridized carbons (Fsp3) is 1.00. The van der Waals surface area contributed by atoms with Gasteiger partial charge in [0.25, 0.3) is 0 Å². The molecule has 12 heavy (non-hydrogen) atoms. The van der Waals surface area contributed by atoms with Crippen LogP contribution in [-0.4, -0.2) is 11.6 Å². The number of rotatable bonds is 0. The van der Waals surface area contributed by atoms with E-state index in [1.165, 1.54) is 32.1 Å². The Morgan fingerprint density at radius 1 is 1.25 bits per heavy atom. The monoisotopic (exact) mass is 170 g/mol. The summed E-state index contributed by atoms with van der Waals surface area (Å²) in [5.41, 5.74) is 12.3. The second kappa shape index (κ2) is 3.35. The Bertz CT molecular complexity index is 154. The van der Waals surface area contributed by atoms with Crippen LogP contribution in [0.15, 0.2) is 0 Å². The van der Waals surface area contributed by atoms with Crippen LogP contribution in [0, 0.1) is 5.92 Å². The molecule has 0 aromatic heterocycles. The molecule has 0 aliphatic heterocycles. The van der Waals surface area contributed by atoms with Gasteiger partial charge in [-0.2, -0.15) is 0 Å². The minimum absolute atomic E-state index is 0. The molecule has 0 amide bonds. The molecule has 2 bridgehead atoms. The largest absolute Gasteiger partial charge is 0.328 e. The highest BCUT2D eigenvalue weighted by atomic mass is 14.8. The Morgan fingerprint density at radius 2 is 2.00 bits per heavy atom. The van der Waals surface area contributed by atoms with Gasteiger partial charge in [-0.25, -0.2) is 0 Å². The lowest BCUT2D eigenvalue weighted by atomic mass is 9.66. The van der Waals surface area contributed by atoms with Crippen molar-refractivity contribution in [1.82, 2.24) is 0 Å². The predicted octanol–water partition coefficient (Wildman–Crippen LogP) is 1.63. The fourth-order valence-electron chi connectivity index (χ4n) is 2.94. The molecule has 2 nitrogen and oxygen atoms in total. The summed E-state index contributed by atoms with van der Waals surface area (Å²) in [5.74, 6) is 0.845. The first-order valence-corrected chi connectivity index (χ1v) is 4.72. The van der Waals surface area contributed by atoms with E-state index in [1.54, 1.807) is 0 Å². The molecule has 0 spiro atoms. The van der Waals surface area contributed by atoms with Crippen LogP contribution in [0.3, 0.4) is 0 Å². The average Bonchev–Trinajstić information content (AvgIpc) is 1.82. The molecule has 0 saturated heterocycles. The predicted molar refractivity (Wildman–Crippen MR) is 52.8 cm³/mol. The van der Waals surface area contributed by atoms with Crippen LogP contribution in [0.4, 0.5) is 0 Å². The van der Waals surface area contributed by atoms with E-state index in [0.29, 0.717) is 6.04 Å². The van der Waals surface area contributed by atoms with E-state index in [1.807, 2.05) is 0 Å². The fourth-order valence-corrected chi connectivity index (χ4v) is 2.94. The van der Waals surface area contributed by atoms with Crippen molar-refractivity contribution in [2.75, 3.05) is 0 Å². The summed E-state index contributed by atoms with van der Waals surface area (Å²) < 4.78 is 0. The van der Waals surface area contributed by atoms with Crippen LogP contribution in [0.25, 0.3) is 0 Å². The van der Waals surface area contributed by atoms with Crippen LogP contribution < -0.4 is 11.5 Å². The van der Waals surface area contributed by atoms with Crippen LogP contribution >= 0.6 is 0 Å². The molecule has 0 aromatic rings. The zero-order valence-corrected chi connectivity index (χ0v) is 7.05. The summed E-state index contributed by atoms with van der Waals surface area (Å²) in [6, 6.07) is 0.388. The number of fused-ring (bicyclic) bond motifs is 2. The van der Waals surface area contributed by atoms with Gasteiger partial charge in [0.15, 0.2) is 0 Å². The third-order valence-electron chi connectivity index (χ3n) is 3.29. The molecular formula is C10H22N2. The highest BCUT2D eigenvalue weighted by Gasteiger charge is 2.38. The van der Waals surface area contributed by atoms with Gasteiger partial charge in [-0.05, 0) is 31.6 Å². The van der Waals surface area contributed by atoms with Crippen molar-refractivity contribution >= 4 is 0 Å². The second-order valence-electron chi connectivity index (χ2n) is 4.52. The molecule has 0 heterocycles. The molecule has 72 valence electrons. The van der Waals surface area contributed by atoms with Crippen molar-refractivity contribution in [1.29, 1.82) is 0 Å². The molecule has 2 heteroatoms. The molecule has 2 fully saturated rings. The zero-order valence-electron chi connectivity index (χ0n) is 7.05. The number of hydrogen-bond acceptors (Lipinski definition) is 2. The van der Waals surface area contributed by atoms with Gasteiger partial charge >= 0.3 is 0 Å². The molecule has 2 rings (SSSR count).